The Kier molecular flexibility index (Phi) is 8.49. The summed E-state index contributed by atoms with van der Waals surface area (Å²) in [6.45, 7) is 5.70. The van der Waals surface area contributed by atoms with E-state index in [4.69, 9.17) is 0 Å². The van der Waals surface area contributed by atoms with Gasteiger partial charge in [0, 0.05) is 25.9 Å². The van der Waals surface area contributed by atoms with E-state index in [0.29, 0.717) is 12.8 Å². The van der Waals surface area contributed by atoms with E-state index < -0.39 is 0 Å². The molecule has 27 heavy (non-hydrogen) atoms. The second kappa shape index (κ2) is 11.1. The summed E-state index contributed by atoms with van der Waals surface area (Å²) >= 11 is 0. The Morgan fingerprint density at radius 1 is 0.963 bits per heavy atom. The molecule has 0 saturated carbocycles. The van der Waals surface area contributed by atoms with E-state index in [2.05, 4.69) is 24.4 Å². The van der Waals surface area contributed by atoms with Crippen LogP contribution in [0.1, 0.15) is 45.1 Å². The molecular weight excluding hydrogens is 341 g/mol. The second-order valence-electron chi connectivity index (χ2n) is 6.42. The summed E-state index contributed by atoms with van der Waals surface area (Å²) in [5.41, 5.74) is 5.44. The van der Waals surface area contributed by atoms with E-state index in [9.17, 15) is 9.18 Å². The molecule has 2 aromatic carbocycles. The van der Waals surface area contributed by atoms with Crippen LogP contribution in [0.2, 0.25) is 0 Å². The summed E-state index contributed by atoms with van der Waals surface area (Å²) < 4.78 is 13.3. The topological polar surface area (TPSA) is 44.7 Å². The van der Waals surface area contributed by atoms with Crippen molar-refractivity contribution in [3.63, 3.8) is 0 Å². The summed E-state index contributed by atoms with van der Waals surface area (Å²) in [4.78, 5) is 14.5. The van der Waals surface area contributed by atoms with E-state index in [1.54, 1.807) is 12.1 Å². The van der Waals surface area contributed by atoms with E-state index in [1.165, 1.54) is 12.1 Å². The maximum atomic E-state index is 13.3. The van der Waals surface area contributed by atoms with Crippen LogP contribution in [0, 0.1) is 5.82 Å². The first-order valence-corrected chi connectivity index (χ1v) is 9.55. The number of benzene rings is 2. The van der Waals surface area contributed by atoms with Crippen LogP contribution in [0.5, 0.6) is 0 Å². The first-order chi connectivity index (χ1) is 13.1. The summed E-state index contributed by atoms with van der Waals surface area (Å²) in [6, 6.07) is 15.8. The molecular formula is C22H28FN3O. The number of hydrazone groups is 1. The number of halogens is 1. The van der Waals surface area contributed by atoms with Gasteiger partial charge in [-0.3, -0.25) is 10.2 Å². The highest BCUT2D eigenvalue weighted by Crippen LogP contribution is 2.12. The highest BCUT2D eigenvalue weighted by atomic mass is 19.1. The molecule has 0 aliphatic rings. The number of nitrogens with zero attached hydrogens (tertiary/aromatic N) is 2. The minimum atomic E-state index is -0.290. The third-order valence-corrected chi connectivity index (χ3v) is 4.19. The van der Waals surface area contributed by atoms with Crippen LogP contribution in [-0.2, 0) is 4.79 Å². The Morgan fingerprint density at radius 2 is 1.59 bits per heavy atom. The van der Waals surface area contributed by atoms with Crippen LogP contribution in [0.25, 0.3) is 0 Å². The quantitative estimate of drug-likeness (QED) is 0.469. The van der Waals surface area contributed by atoms with Gasteiger partial charge in [0.15, 0.2) is 0 Å². The van der Waals surface area contributed by atoms with Crippen LogP contribution in [0.15, 0.2) is 59.7 Å². The summed E-state index contributed by atoms with van der Waals surface area (Å²) in [7, 11) is 0. The minimum Gasteiger partial charge on any atom is -0.343 e. The standard InChI is InChI=1S/C22H28FN3O/c1-3-16-26(17-4-2)22(27)15-14-21(18-10-12-19(23)13-11-18)25-24-20-8-6-5-7-9-20/h5-13,24H,3-4,14-17H2,1-2H3/b25-21-. The summed E-state index contributed by atoms with van der Waals surface area (Å²) in [5, 5.41) is 4.49. The third-order valence-electron chi connectivity index (χ3n) is 4.19. The zero-order valence-electron chi connectivity index (χ0n) is 16.1. The molecule has 144 valence electrons. The van der Waals surface area contributed by atoms with Gasteiger partial charge < -0.3 is 4.90 Å². The number of amides is 1. The van der Waals surface area contributed by atoms with Crippen molar-refractivity contribution in [2.45, 2.75) is 39.5 Å². The molecule has 0 bridgehead atoms. The Morgan fingerprint density at radius 3 is 2.19 bits per heavy atom. The number of hydrogen-bond donors (Lipinski definition) is 1. The number of carbonyl (C=O) groups is 1. The van der Waals surface area contributed by atoms with E-state index in [-0.39, 0.29) is 11.7 Å². The van der Waals surface area contributed by atoms with Crippen LogP contribution in [0.4, 0.5) is 10.1 Å². The fourth-order valence-electron chi connectivity index (χ4n) is 2.84. The van der Waals surface area contributed by atoms with Gasteiger partial charge in [0.1, 0.15) is 5.82 Å². The van der Waals surface area contributed by atoms with Gasteiger partial charge >= 0.3 is 0 Å². The maximum absolute atomic E-state index is 13.3. The van der Waals surface area contributed by atoms with Crippen LogP contribution in [0.3, 0.4) is 0 Å². The highest BCUT2D eigenvalue weighted by Gasteiger charge is 2.14. The number of hydrogen-bond acceptors (Lipinski definition) is 3. The van der Waals surface area contributed by atoms with E-state index in [1.807, 2.05) is 35.2 Å². The maximum Gasteiger partial charge on any atom is 0.222 e. The predicted octanol–water partition coefficient (Wildman–Crippen LogP) is 5.07. The molecule has 0 aromatic heterocycles. The van der Waals surface area contributed by atoms with Gasteiger partial charge in [0.25, 0.3) is 0 Å². The molecule has 5 heteroatoms. The fraction of sp³-hybridized carbons (Fsp3) is 0.364. The van der Waals surface area contributed by atoms with Crippen molar-refractivity contribution >= 4 is 17.3 Å². The monoisotopic (exact) mass is 369 g/mol. The van der Waals surface area contributed by atoms with Crippen molar-refractivity contribution in [1.82, 2.24) is 4.90 Å². The molecule has 0 saturated heterocycles. The first kappa shape index (κ1) is 20.6. The van der Waals surface area contributed by atoms with Crippen molar-refractivity contribution in [3.8, 4) is 0 Å². The zero-order chi connectivity index (χ0) is 19.5. The lowest BCUT2D eigenvalue weighted by Crippen LogP contribution is -2.32. The van der Waals surface area contributed by atoms with Gasteiger partial charge in [-0.25, -0.2) is 4.39 Å². The molecule has 2 aromatic rings. The Hall–Kier alpha value is -2.69. The number of anilines is 1. The first-order valence-electron chi connectivity index (χ1n) is 9.55. The smallest absolute Gasteiger partial charge is 0.222 e. The summed E-state index contributed by atoms with van der Waals surface area (Å²) in [6.07, 6.45) is 2.77. The molecule has 2 rings (SSSR count). The normalized spacial score (nSPS) is 11.3. The molecule has 4 nitrogen and oxygen atoms in total. The summed E-state index contributed by atoms with van der Waals surface area (Å²) in [5.74, 6) is -0.157. The van der Waals surface area contributed by atoms with Crippen molar-refractivity contribution in [2.75, 3.05) is 18.5 Å². The number of carbonyl (C=O) groups excluding carboxylic acids is 1. The van der Waals surface area contributed by atoms with E-state index >= 15 is 0 Å². The molecule has 0 fully saturated rings. The SMILES string of the molecule is CCCN(CCC)C(=O)CC/C(=N/Nc1ccccc1)c1ccc(F)cc1. The second-order valence-corrected chi connectivity index (χ2v) is 6.42. The van der Waals surface area contributed by atoms with Crippen molar-refractivity contribution in [3.05, 3.63) is 66.0 Å². The molecule has 0 radical (unpaired) electrons. The molecule has 0 aliphatic heterocycles. The zero-order valence-corrected chi connectivity index (χ0v) is 16.1. The molecule has 0 aliphatic carbocycles. The predicted molar refractivity (Wildman–Crippen MR) is 109 cm³/mol. The molecule has 0 spiro atoms. The van der Waals surface area contributed by atoms with Crippen molar-refractivity contribution < 1.29 is 9.18 Å². The largest absolute Gasteiger partial charge is 0.343 e. The molecule has 1 N–H and O–H groups in total. The molecule has 0 heterocycles. The lowest BCUT2D eigenvalue weighted by atomic mass is 10.1. The highest BCUT2D eigenvalue weighted by molar-refractivity contribution is 6.02. The number of para-hydroxylation sites is 1. The van der Waals surface area contributed by atoms with Gasteiger partial charge in [-0.05, 0) is 42.7 Å². The average Bonchev–Trinajstić information content (AvgIpc) is 2.69. The van der Waals surface area contributed by atoms with E-state index in [0.717, 1.165) is 42.9 Å². The Balaban J connectivity index is 2.12. The van der Waals surface area contributed by atoms with Gasteiger partial charge in [-0.15, -0.1) is 0 Å². The van der Waals surface area contributed by atoms with Crippen molar-refractivity contribution in [2.24, 2.45) is 5.10 Å². The van der Waals surface area contributed by atoms with Gasteiger partial charge in [0.2, 0.25) is 5.91 Å². The third kappa shape index (κ3) is 6.85. The van der Waals surface area contributed by atoms with Crippen LogP contribution in [-0.4, -0.2) is 29.6 Å². The number of rotatable bonds is 10. The van der Waals surface area contributed by atoms with Gasteiger partial charge in [-0.2, -0.15) is 5.10 Å². The fourth-order valence-corrected chi connectivity index (χ4v) is 2.84. The van der Waals surface area contributed by atoms with Crippen molar-refractivity contribution in [1.29, 1.82) is 0 Å². The molecule has 0 atom stereocenters. The van der Waals surface area contributed by atoms with Crippen LogP contribution < -0.4 is 5.43 Å². The Labute approximate surface area is 161 Å². The number of nitrogens with one attached hydrogen (secondary N) is 1. The van der Waals surface area contributed by atoms with Gasteiger partial charge in [-0.1, -0.05) is 44.2 Å². The van der Waals surface area contributed by atoms with Crippen LogP contribution >= 0.6 is 0 Å². The Bertz CT molecular complexity index is 723. The average molecular weight is 369 g/mol. The lowest BCUT2D eigenvalue weighted by molar-refractivity contribution is -0.131. The minimum absolute atomic E-state index is 0.133. The molecule has 0 unspecified atom stereocenters. The molecule has 1 amide bonds. The van der Waals surface area contributed by atoms with Gasteiger partial charge in [0.05, 0.1) is 11.4 Å². The lowest BCUT2D eigenvalue weighted by Gasteiger charge is -2.21.